The number of nitrogens with two attached hydrogens (primary N) is 1. The van der Waals surface area contributed by atoms with Crippen molar-refractivity contribution in [3.63, 3.8) is 0 Å². The van der Waals surface area contributed by atoms with Gasteiger partial charge in [-0.1, -0.05) is 6.07 Å². The Hall–Kier alpha value is -1.36. The quantitative estimate of drug-likeness (QED) is 0.841. The number of hydrogen-bond donors (Lipinski definition) is 1. The first-order valence-corrected chi connectivity index (χ1v) is 4.43. The van der Waals surface area contributed by atoms with E-state index in [1.165, 1.54) is 13.2 Å². The molecule has 1 aromatic carbocycles. The monoisotopic (exact) mass is 217 g/mol. The first-order chi connectivity index (χ1) is 7.04. The number of methoxy groups -OCH3 is 1. The summed E-state index contributed by atoms with van der Waals surface area (Å²) < 4.78 is 33.2. The lowest BCUT2D eigenvalue weighted by atomic mass is 10.1. The maximum absolute atomic E-state index is 12.0. The van der Waals surface area contributed by atoms with E-state index < -0.39 is 6.61 Å². The normalized spacial score (nSPS) is 12.7. The fourth-order valence-electron chi connectivity index (χ4n) is 1.16. The Balaban J connectivity index is 2.98. The van der Waals surface area contributed by atoms with Crippen LogP contribution in [0.4, 0.5) is 8.78 Å². The van der Waals surface area contributed by atoms with Crippen molar-refractivity contribution in [2.45, 2.75) is 19.6 Å². The minimum absolute atomic E-state index is 0.0110. The van der Waals surface area contributed by atoms with E-state index in [-0.39, 0.29) is 17.5 Å². The number of ether oxygens (including phenoxy) is 2. The lowest BCUT2D eigenvalue weighted by Crippen LogP contribution is -2.07. The van der Waals surface area contributed by atoms with Gasteiger partial charge in [-0.2, -0.15) is 8.78 Å². The molecule has 0 radical (unpaired) electrons. The lowest BCUT2D eigenvalue weighted by Gasteiger charge is -2.12. The third-order valence-electron chi connectivity index (χ3n) is 1.93. The number of alkyl halides is 2. The van der Waals surface area contributed by atoms with Crippen molar-refractivity contribution < 1.29 is 18.3 Å². The average molecular weight is 217 g/mol. The van der Waals surface area contributed by atoms with E-state index in [1.54, 1.807) is 19.1 Å². The molecule has 0 saturated carbocycles. The van der Waals surface area contributed by atoms with Gasteiger partial charge in [0.15, 0.2) is 11.5 Å². The van der Waals surface area contributed by atoms with Gasteiger partial charge in [0.05, 0.1) is 7.11 Å². The first kappa shape index (κ1) is 11.7. The molecule has 0 amide bonds. The highest BCUT2D eigenvalue weighted by Gasteiger charge is 2.11. The lowest BCUT2D eigenvalue weighted by molar-refractivity contribution is -0.0512. The highest BCUT2D eigenvalue weighted by Crippen LogP contribution is 2.30. The van der Waals surface area contributed by atoms with E-state index in [0.29, 0.717) is 0 Å². The Morgan fingerprint density at radius 2 is 1.93 bits per heavy atom. The van der Waals surface area contributed by atoms with Gasteiger partial charge in [0, 0.05) is 6.04 Å². The second-order valence-electron chi connectivity index (χ2n) is 3.08. The molecule has 84 valence electrons. The van der Waals surface area contributed by atoms with E-state index in [1.807, 2.05) is 0 Å². The van der Waals surface area contributed by atoms with Gasteiger partial charge in [-0.05, 0) is 24.6 Å². The van der Waals surface area contributed by atoms with Crippen LogP contribution in [0, 0.1) is 0 Å². The Morgan fingerprint density at radius 3 is 2.40 bits per heavy atom. The topological polar surface area (TPSA) is 44.5 Å². The maximum atomic E-state index is 12.0. The summed E-state index contributed by atoms with van der Waals surface area (Å²) >= 11 is 0. The molecule has 15 heavy (non-hydrogen) atoms. The van der Waals surface area contributed by atoms with E-state index in [9.17, 15) is 8.78 Å². The summed E-state index contributed by atoms with van der Waals surface area (Å²) in [6, 6.07) is 4.45. The molecule has 1 unspecified atom stereocenters. The van der Waals surface area contributed by atoms with Crippen molar-refractivity contribution >= 4 is 0 Å². The summed E-state index contributed by atoms with van der Waals surface area (Å²) in [5.41, 5.74) is 6.44. The van der Waals surface area contributed by atoms with Crippen molar-refractivity contribution in [2.24, 2.45) is 5.73 Å². The van der Waals surface area contributed by atoms with Crippen LogP contribution in [0.5, 0.6) is 11.5 Å². The molecule has 0 bridgehead atoms. The van der Waals surface area contributed by atoms with E-state index in [0.717, 1.165) is 5.56 Å². The minimum Gasteiger partial charge on any atom is -0.493 e. The summed E-state index contributed by atoms with van der Waals surface area (Å²) in [6.07, 6.45) is 0. The van der Waals surface area contributed by atoms with Crippen molar-refractivity contribution in [1.82, 2.24) is 0 Å². The van der Waals surface area contributed by atoms with Crippen LogP contribution in [0.25, 0.3) is 0 Å². The van der Waals surface area contributed by atoms with Crippen LogP contribution in [0.3, 0.4) is 0 Å². The van der Waals surface area contributed by atoms with Crippen molar-refractivity contribution in [2.75, 3.05) is 7.11 Å². The molecule has 0 aliphatic rings. The second-order valence-corrected chi connectivity index (χ2v) is 3.08. The van der Waals surface area contributed by atoms with Crippen LogP contribution in [-0.2, 0) is 0 Å². The molecular formula is C10H13F2NO2. The zero-order valence-electron chi connectivity index (χ0n) is 8.54. The van der Waals surface area contributed by atoms with Crippen LogP contribution in [-0.4, -0.2) is 13.7 Å². The van der Waals surface area contributed by atoms with Crippen LogP contribution < -0.4 is 15.2 Å². The molecule has 3 nitrogen and oxygen atoms in total. The second kappa shape index (κ2) is 4.93. The molecule has 1 rings (SSSR count). The predicted molar refractivity (Wildman–Crippen MR) is 52.2 cm³/mol. The maximum Gasteiger partial charge on any atom is 0.387 e. The highest BCUT2D eigenvalue weighted by molar-refractivity contribution is 5.43. The molecular weight excluding hydrogens is 204 g/mol. The number of rotatable bonds is 4. The summed E-state index contributed by atoms with van der Waals surface area (Å²) in [5, 5.41) is 0. The Kier molecular flexibility index (Phi) is 3.85. The number of benzene rings is 1. The predicted octanol–water partition coefficient (Wildman–Crippen LogP) is 2.32. The Morgan fingerprint density at radius 1 is 1.27 bits per heavy atom. The third-order valence-corrected chi connectivity index (χ3v) is 1.93. The molecule has 0 saturated heterocycles. The highest BCUT2D eigenvalue weighted by atomic mass is 19.3. The van der Waals surface area contributed by atoms with Gasteiger partial charge in [0.25, 0.3) is 0 Å². The minimum atomic E-state index is -2.86. The molecule has 0 aromatic heterocycles. The summed E-state index contributed by atoms with van der Waals surface area (Å²) in [5.74, 6) is 0.266. The van der Waals surface area contributed by atoms with Gasteiger partial charge in [-0.25, -0.2) is 0 Å². The van der Waals surface area contributed by atoms with E-state index in [2.05, 4.69) is 4.74 Å². The van der Waals surface area contributed by atoms with Crippen molar-refractivity contribution in [3.05, 3.63) is 23.8 Å². The molecule has 0 aliphatic heterocycles. The standard InChI is InChI=1S/C10H13F2NO2/c1-6(13)7-3-4-8(15-10(11)12)9(5-7)14-2/h3-6,10H,13H2,1-2H3. The van der Waals surface area contributed by atoms with Gasteiger partial charge in [-0.3, -0.25) is 0 Å². The first-order valence-electron chi connectivity index (χ1n) is 4.43. The molecule has 0 fully saturated rings. The molecule has 2 N–H and O–H groups in total. The summed E-state index contributed by atoms with van der Waals surface area (Å²) in [6.45, 7) is -1.07. The fraction of sp³-hybridized carbons (Fsp3) is 0.400. The smallest absolute Gasteiger partial charge is 0.387 e. The number of hydrogen-bond acceptors (Lipinski definition) is 3. The average Bonchev–Trinajstić information content (AvgIpc) is 2.17. The fourth-order valence-corrected chi connectivity index (χ4v) is 1.16. The number of halogens is 2. The SMILES string of the molecule is COc1cc(C(C)N)ccc1OC(F)F. The van der Waals surface area contributed by atoms with Gasteiger partial charge in [0.1, 0.15) is 0 Å². The van der Waals surface area contributed by atoms with E-state index >= 15 is 0 Å². The van der Waals surface area contributed by atoms with Crippen LogP contribution in [0.1, 0.15) is 18.5 Å². The molecule has 0 aliphatic carbocycles. The van der Waals surface area contributed by atoms with Gasteiger partial charge in [0.2, 0.25) is 0 Å². The van der Waals surface area contributed by atoms with Gasteiger partial charge >= 0.3 is 6.61 Å². The summed E-state index contributed by atoms with van der Waals surface area (Å²) in [4.78, 5) is 0. The molecule has 0 heterocycles. The van der Waals surface area contributed by atoms with Crippen LogP contribution in [0.2, 0.25) is 0 Å². The van der Waals surface area contributed by atoms with Crippen molar-refractivity contribution in [3.8, 4) is 11.5 Å². The van der Waals surface area contributed by atoms with Gasteiger partial charge < -0.3 is 15.2 Å². The summed E-state index contributed by atoms with van der Waals surface area (Å²) in [7, 11) is 1.39. The molecule has 5 heteroatoms. The zero-order valence-corrected chi connectivity index (χ0v) is 8.54. The third kappa shape index (κ3) is 3.06. The van der Waals surface area contributed by atoms with Crippen LogP contribution >= 0.6 is 0 Å². The van der Waals surface area contributed by atoms with Gasteiger partial charge in [-0.15, -0.1) is 0 Å². The molecule has 1 aromatic rings. The largest absolute Gasteiger partial charge is 0.493 e. The zero-order chi connectivity index (χ0) is 11.4. The van der Waals surface area contributed by atoms with Crippen molar-refractivity contribution in [1.29, 1.82) is 0 Å². The Labute approximate surface area is 86.8 Å². The van der Waals surface area contributed by atoms with E-state index in [4.69, 9.17) is 10.5 Å². The Bertz CT molecular complexity index is 329. The molecule has 1 atom stereocenters. The van der Waals surface area contributed by atoms with Crippen LogP contribution in [0.15, 0.2) is 18.2 Å². The molecule has 0 spiro atoms.